The molecule has 2 aromatic carbocycles. The van der Waals surface area contributed by atoms with E-state index in [2.05, 4.69) is 0 Å². The van der Waals surface area contributed by atoms with E-state index in [1.807, 2.05) is 0 Å². The van der Waals surface area contributed by atoms with Crippen molar-refractivity contribution in [3.05, 3.63) is 63.7 Å². The molecule has 0 spiro atoms. The Morgan fingerprint density at radius 3 is 2.67 bits per heavy atom. The number of rotatable bonds is 5. The van der Waals surface area contributed by atoms with Gasteiger partial charge in [-0.1, -0.05) is 18.2 Å². The number of aliphatic hydroxyl groups excluding tert-OH is 2. The van der Waals surface area contributed by atoms with E-state index in [4.69, 9.17) is 9.84 Å². The minimum absolute atomic E-state index is 0.0829. The van der Waals surface area contributed by atoms with Gasteiger partial charge in [-0.15, -0.1) is 0 Å². The Kier molecular flexibility index (Phi) is 4.52. The highest BCUT2D eigenvalue weighted by molar-refractivity contribution is 5.51. The van der Waals surface area contributed by atoms with Gasteiger partial charge in [0, 0.05) is 6.07 Å². The molecule has 2 aromatic rings. The van der Waals surface area contributed by atoms with E-state index in [1.54, 1.807) is 30.3 Å². The third kappa shape index (κ3) is 3.56. The standard InChI is InChI=1S/C15H15NO5/c1-10(18)12-5-6-15(14(8-12)16(19)20)21-13-4-2-3-11(7-13)9-17/h2-8,10,17-18H,9H2,1H3. The fourth-order valence-corrected chi connectivity index (χ4v) is 1.86. The van der Waals surface area contributed by atoms with E-state index in [9.17, 15) is 15.2 Å². The molecule has 0 fully saturated rings. The minimum Gasteiger partial charge on any atom is -0.450 e. The molecule has 0 saturated carbocycles. The molecule has 6 nitrogen and oxygen atoms in total. The Morgan fingerprint density at radius 1 is 1.29 bits per heavy atom. The molecule has 0 aromatic heterocycles. The molecule has 0 aliphatic heterocycles. The van der Waals surface area contributed by atoms with Gasteiger partial charge < -0.3 is 14.9 Å². The lowest BCUT2D eigenvalue weighted by Crippen LogP contribution is -1.97. The van der Waals surface area contributed by atoms with E-state index in [0.29, 0.717) is 16.9 Å². The van der Waals surface area contributed by atoms with E-state index in [0.717, 1.165) is 0 Å². The van der Waals surface area contributed by atoms with Crippen LogP contribution in [-0.4, -0.2) is 15.1 Å². The van der Waals surface area contributed by atoms with Gasteiger partial charge in [0.05, 0.1) is 17.6 Å². The van der Waals surface area contributed by atoms with Gasteiger partial charge in [0.25, 0.3) is 0 Å². The lowest BCUT2D eigenvalue weighted by molar-refractivity contribution is -0.385. The normalized spacial score (nSPS) is 12.0. The van der Waals surface area contributed by atoms with Crippen LogP contribution in [0, 0.1) is 10.1 Å². The van der Waals surface area contributed by atoms with Crippen molar-refractivity contribution in [3.63, 3.8) is 0 Å². The van der Waals surface area contributed by atoms with Crippen molar-refractivity contribution >= 4 is 5.69 Å². The maximum Gasteiger partial charge on any atom is 0.311 e. The summed E-state index contributed by atoms with van der Waals surface area (Å²) in [5.41, 5.74) is 0.872. The maximum absolute atomic E-state index is 11.1. The highest BCUT2D eigenvalue weighted by Gasteiger charge is 2.18. The van der Waals surface area contributed by atoms with Gasteiger partial charge in [-0.05, 0) is 36.2 Å². The lowest BCUT2D eigenvalue weighted by atomic mass is 10.1. The van der Waals surface area contributed by atoms with Crippen LogP contribution in [-0.2, 0) is 6.61 Å². The summed E-state index contributed by atoms with van der Waals surface area (Å²) in [5.74, 6) is 0.480. The fraction of sp³-hybridized carbons (Fsp3) is 0.200. The largest absolute Gasteiger partial charge is 0.450 e. The highest BCUT2D eigenvalue weighted by atomic mass is 16.6. The number of hydrogen-bond acceptors (Lipinski definition) is 5. The van der Waals surface area contributed by atoms with Crippen LogP contribution in [0.1, 0.15) is 24.2 Å². The third-order valence-electron chi connectivity index (χ3n) is 2.97. The van der Waals surface area contributed by atoms with Crippen LogP contribution in [0.4, 0.5) is 5.69 Å². The van der Waals surface area contributed by atoms with Crippen LogP contribution < -0.4 is 4.74 Å². The van der Waals surface area contributed by atoms with Crippen molar-refractivity contribution in [2.75, 3.05) is 0 Å². The van der Waals surface area contributed by atoms with Crippen LogP contribution in [0.3, 0.4) is 0 Å². The monoisotopic (exact) mass is 289 g/mol. The molecule has 0 saturated heterocycles. The van der Waals surface area contributed by atoms with Crippen LogP contribution in [0.25, 0.3) is 0 Å². The Bertz CT molecular complexity index is 654. The molecule has 0 heterocycles. The summed E-state index contributed by atoms with van der Waals surface area (Å²) >= 11 is 0. The summed E-state index contributed by atoms with van der Waals surface area (Å²) in [6, 6.07) is 11.0. The Hall–Kier alpha value is -2.44. The Labute approximate surface area is 121 Å². The predicted molar refractivity (Wildman–Crippen MR) is 76.2 cm³/mol. The molecule has 0 bridgehead atoms. The van der Waals surface area contributed by atoms with Crippen molar-refractivity contribution < 1.29 is 19.9 Å². The minimum atomic E-state index is -0.796. The first-order valence-electron chi connectivity index (χ1n) is 6.35. The van der Waals surface area contributed by atoms with Gasteiger partial charge in [0.15, 0.2) is 0 Å². The van der Waals surface area contributed by atoms with Gasteiger partial charge in [-0.2, -0.15) is 0 Å². The Balaban J connectivity index is 2.36. The summed E-state index contributed by atoms with van der Waals surface area (Å²) in [5, 5.41) is 29.7. The highest BCUT2D eigenvalue weighted by Crippen LogP contribution is 2.33. The van der Waals surface area contributed by atoms with Gasteiger partial charge in [-0.3, -0.25) is 10.1 Å². The number of benzene rings is 2. The number of aliphatic hydroxyl groups is 2. The second-order valence-electron chi connectivity index (χ2n) is 4.57. The number of ether oxygens (including phenoxy) is 1. The summed E-state index contributed by atoms with van der Waals surface area (Å²) in [6.45, 7) is 1.39. The van der Waals surface area contributed by atoms with Crippen molar-refractivity contribution in [1.82, 2.24) is 0 Å². The second kappa shape index (κ2) is 6.34. The van der Waals surface area contributed by atoms with E-state index in [-0.39, 0.29) is 18.0 Å². The third-order valence-corrected chi connectivity index (χ3v) is 2.97. The predicted octanol–water partition coefficient (Wildman–Crippen LogP) is 2.93. The summed E-state index contributed by atoms with van der Waals surface area (Å²) in [7, 11) is 0. The van der Waals surface area contributed by atoms with Crippen LogP contribution in [0.2, 0.25) is 0 Å². The van der Waals surface area contributed by atoms with Crippen LogP contribution in [0.15, 0.2) is 42.5 Å². The number of nitro groups is 1. The topological polar surface area (TPSA) is 92.8 Å². The summed E-state index contributed by atoms with van der Waals surface area (Å²) in [4.78, 5) is 10.6. The van der Waals surface area contributed by atoms with Gasteiger partial charge in [0.2, 0.25) is 5.75 Å². The molecule has 1 atom stereocenters. The SMILES string of the molecule is CC(O)c1ccc(Oc2cccc(CO)c2)c([N+](=O)[O-])c1. The lowest BCUT2D eigenvalue weighted by Gasteiger charge is -2.10. The molecule has 110 valence electrons. The number of hydrogen-bond donors (Lipinski definition) is 2. The van der Waals surface area contributed by atoms with E-state index >= 15 is 0 Å². The quantitative estimate of drug-likeness (QED) is 0.652. The molecule has 0 amide bonds. The average molecular weight is 289 g/mol. The van der Waals surface area contributed by atoms with E-state index < -0.39 is 11.0 Å². The second-order valence-corrected chi connectivity index (χ2v) is 4.57. The molecule has 21 heavy (non-hydrogen) atoms. The van der Waals surface area contributed by atoms with Gasteiger partial charge >= 0.3 is 5.69 Å². The molecule has 0 aliphatic rings. The first kappa shape index (κ1) is 15.0. The molecule has 6 heteroatoms. The smallest absolute Gasteiger partial charge is 0.311 e. The first-order chi connectivity index (χ1) is 10.0. The molecular weight excluding hydrogens is 274 g/mol. The van der Waals surface area contributed by atoms with Crippen molar-refractivity contribution in [2.45, 2.75) is 19.6 Å². The molecule has 1 unspecified atom stereocenters. The van der Waals surface area contributed by atoms with Crippen LogP contribution >= 0.6 is 0 Å². The van der Waals surface area contributed by atoms with Crippen molar-refractivity contribution in [2.24, 2.45) is 0 Å². The van der Waals surface area contributed by atoms with Crippen molar-refractivity contribution in [3.8, 4) is 11.5 Å². The fourth-order valence-electron chi connectivity index (χ4n) is 1.86. The molecule has 0 aliphatic carbocycles. The summed E-state index contributed by atoms with van der Waals surface area (Å²) in [6.07, 6.45) is -0.796. The van der Waals surface area contributed by atoms with E-state index in [1.165, 1.54) is 19.1 Å². The zero-order valence-corrected chi connectivity index (χ0v) is 11.4. The molecule has 2 N–H and O–H groups in total. The molecule has 2 rings (SSSR count). The van der Waals surface area contributed by atoms with Gasteiger partial charge in [-0.25, -0.2) is 0 Å². The zero-order valence-electron chi connectivity index (χ0n) is 11.4. The number of nitrogens with zero attached hydrogens (tertiary/aromatic N) is 1. The maximum atomic E-state index is 11.1. The Morgan fingerprint density at radius 2 is 2.05 bits per heavy atom. The average Bonchev–Trinajstić information content (AvgIpc) is 2.47. The van der Waals surface area contributed by atoms with Crippen LogP contribution in [0.5, 0.6) is 11.5 Å². The number of nitro benzene ring substituents is 1. The van der Waals surface area contributed by atoms with Crippen molar-refractivity contribution in [1.29, 1.82) is 0 Å². The molecular formula is C15H15NO5. The molecule has 0 radical (unpaired) electrons. The zero-order chi connectivity index (χ0) is 15.4. The van der Waals surface area contributed by atoms with Gasteiger partial charge in [0.1, 0.15) is 5.75 Å². The first-order valence-corrected chi connectivity index (χ1v) is 6.35. The summed E-state index contributed by atoms with van der Waals surface area (Å²) < 4.78 is 5.51.